The first kappa shape index (κ1) is 39.7. The molecule has 23 heteroatoms. The quantitative estimate of drug-likeness (QED) is 0.0575. The van der Waals surface area contributed by atoms with Crippen molar-refractivity contribution in [3.8, 4) is 5.75 Å². The lowest BCUT2D eigenvalue weighted by atomic mass is 10.1. The first-order chi connectivity index (χ1) is 26.3. The lowest BCUT2D eigenvalue weighted by molar-refractivity contribution is 0.417. The Bertz CT molecular complexity index is 2930. The van der Waals surface area contributed by atoms with E-state index >= 15 is 0 Å². The number of azo groups is 2. The van der Waals surface area contributed by atoms with Gasteiger partial charge in [0.25, 0.3) is 30.4 Å². The molecule has 6 rings (SSSR count). The minimum Gasteiger partial charge on any atom is -0.494 e. The van der Waals surface area contributed by atoms with Crippen molar-refractivity contribution in [2.75, 3.05) is 17.7 Å². The van der Waals surface area contributed by atoms with E-state index in [4.69, 9.17) is 16.3 Å². The fourth-order valence-electron chi connectivity index (χ4n) is 5.05. The molecule has 0 aliphatic carbocycles. The summed E-state index contributed by atoms with van der Waals surface area (Å²) in [5, 5.41) is 22.5. The van der Waals surface area contributed by atoms with E-state index in [0.29, 0.717) is 40.1 Å². The van der Waals surface area contributed by atoms with E-state index in [1.165, 1.54) is 49.6 Å². The summed E-state index contributed by atoms with van der Waals surface area (Å²) in [5.74, 6) is 0.472. The second-order valence-corrected chi connectivity index (χ2v) is 16.1. The Balaban J connectivity index is 1.17. The molecule has 0 saturated heterocycles. The van der Waals surface area contributed by atoms with Crippen LogP contribution >= 0.6 is 11.6 Å². The molecule has 0 aliphatic heterocycles. The molecule has 0 unspecified atom stereocenters. The van der Waals surface area contributed by atoms with Crippen molar-refractivity contribution in [3.63, 3.8) is 0 Å². The molecule has 0 fully saturated rings. The maximum absolute atomic E-state index is 12.0. The van der Waals surface area contributed by atoms with Gasteiger partial charge in [0.05, 0.1) is 45.3 Å². The molecule has 288 valence electrons. The predicted molar refractivity (Wildman–Crippen MR) is 204 cm³/mol. The van der Waals surface area contributed by atoms with Gasteiger partial charge in [-0.15, -0.1) is 0 Å². The van der Waals surface area contributed by atoms with Crippen LogP contribution < -0.4 is 15.4 Å². The van der Waals surface area contributed by atoms with Crippen molar-refractivity contribution in [1.82, 2.24) is 15.0 Å². The summed E-state index contributed by atoms with van der Waals surface area (Å²) < 4.78 is 104. The Morgan fingerprint density at radius 2 is 1.29 bits per heavy atom. The zero-order valence-corrected chi connectivity index (χ0v) is 31.8. The average molecular weight is 840 g/mol. The van der Waals surface area contributed by atoms with Gasteiger partial charge in [0.1, 0.15) is 10.6 Å². The standard InChI is InChI=1S/C33H26ClN9O10S3/c1-18-12-20(8-10-27(18)43-42-22-7-6-19-13-25(55(47,48)49)17-30(26(19)15-22)56(50,51)52)35-32-37-31(34)38-33(39-32)36-28-11-9-23(16-29(28)53-2)41-40-21-4-3-5-24(14-21)54(44,45)46/h3-17H,1-2H3,(H,44,45,46)(H,47,48,49)(H,50,51,52)(H2,35,36,37,38,39)/b41-40+,43-42+. The van der Waals surface area contributed by atoms with E-state index in [2.05, 4.69) is 46.0 Å². The molecular weight excluding hydrogens is 814 g/mol. The van der Waals surface area contributed by atoms with Gasteiger partial charge in [0.2, 0.25) is 17.2 Å². The van der Waals surface area contributed by atoms with Gasteiger partial charge in [-0.1, -0.05) is 12.1 Å². The monoisotopic (exact) mass is 839 g/mol. The van der Waals surface area contributed by atoms with Gasteiger partial charge in [-0.25, -0.2) is 0 Å². The molecule has 0 saturated carbocycles. The molecule has 19 nitrogen and oxygen atoms in total. The number of hydrogen-bond acceptors (Lipinski definition) is 16. The third-order valence-corrected chi connectivity index (χ3v) is 10.4. The highest BCUT2D eigenvalue weighted by atomic mass is 35.5. The van der Waals surface area contributed by atoms with Crippen LogP contribution in [0.15, 0.2) is 126 Å². The van der Waals surface area contributed by atoms with Crippen LogP contribution in [0.2, 0.25) is 5.28 Å². The highest BCUT2D eigenvalue weighted by Crippen LogP contribution is 2.34. The van der Waals surface area contributed by atoms with Crippen molar-refractivity contribution in [1.29, 1.82) is 0 Å². The zero-order valence-electron chi connectivity index (χ0n) is 28.6. The van der Waals surface area contributed by atoms with Gasteiger partial charge in [-0.2, -0.15) is 60.7 Å². The average Bonchev–Trinajstić information content (AvgIpc) is 3.12. The minimum absolute atomic E-state index is 0.0422. The minimum atomic E-state index is -4.89. The number of ether oxygens (including phenoxy) is 1. The normalized spacial score (nSPS) is 12.4. The number of halogens is 1. The van der Waals surface area contributed by atoms with Crippen molar-refractivity contribution in [3.05, 3.63) is 102 Å². The third-order valence-electron chi connectivity index (χ3n) is 7.61. The van der Waals surface area contributed by atoms with Gasteiger partial charge in [-0.3, -0.25) is 13.7 Å². The number of aryl methyl sites for hydroxylation is 1. The summed E-state index contributed by atoms with van der Waals surface area (Å²) in [4.78, 5) is 10.9. The molecule has 0 spiro atoms. The molecule has 56 heavy (non-hydrogen) atoms. The van der Waals surface area contributed by atoms with Gasteiger partial charge >= 0.3 is 0 Å². The van der Waals surface area contributed by atoms with E-state index in [0.717, 1.165) is 6.07 Å². The number of fused-ring (bicyclic) bond motifs is 1. The number of anilines is 4. The lowest BCUT2D eigenvalue weighted by Crippen LogP contribution is -2.04. The van der Waals surface area contributed by atoms with Crippen LogP contribution in [0.4, 0.5) is 46.0 Å². The Morgan fingerprint density at radius 1 is 0.643 bits per heavy atom. The number of hydrogen-bond donors (Lipinski definition) is 5. The van der Waals surface area contributed by atoms with Gasteiger partial charge in [0.15, 0.2) is 0 Å². The molecule has 1 heterocycles. The van der Waals surface area contributed by atoms with Gasteiger partial charge < -0.3 is 15.4 Å². The van der Waals surface area contributed by atoms with Crippen molar-refractivity contribution in [2.24, 2.45) is 20.5 Å². The van der Waals surface area contributed by atoms with Gasteiger partial charge in [0, 0.05) is 17.1 Å². The molecule has 5 aromatic carbocycles. The highest BCUT2D eigenvalue weighted by molar-refractivity contribution is 7.87. The van der Waals surface area contributed by atoms with E-state index in [1.807, 2.05) is 0 Å². The van der Waals surface area contributed by atoms with Crippen molar-refractivity contribution >= 4 is 98.7 Å². The molecular formula is C33H26ClN9O10S3. The predicted octanol–water partition coefficient (Wildman–Crippen LogP) is 8.05. The van der Waals surface area contributed by atoms with E-state index in [-0.39, 0.29) is 44.2 Å². The Kier molecular flexibility index (Phi) is 11.1. The summed E-state index contributed by atoms with van der Waals surface area (Å²) in [6.07, 6.45) is 0. The van der Waals surface area contributed by atoms with Crippen molar-refractivity contribution in [2.45, 2.75) is 21.6 Å². The maximum atomic E-state index is 12.0. The summed E-state index contributed by atoms with van der Waals surface area (Å²) in [6.45, 7) is 1.76. The maximum Gasteiger partial charge on any atom is 0.295 e. The smallest absolute Gasteiger partial charge is 0.295 e. The topological polar surface area (TPSA) is 285 Å². The SMILES string of the molecule is COc1cc(/N=N/c2cccc(S(=O)(=O)O)c2)ccc1Nc1nc(Cl)nc(Nc2ccc(/N=N/c3ccc4cc(S(=O)(=O)O)cc(S(=O)(=O)O)c4c3)c(C)c2)n1. The third kappa shape index (κ3) is 9.61. The lowest BCUT2D eigenvalue weighted by Gasteiger charge is -2.12. The molecule has 0 atom stereocenters. The second kappa shape index (κ2) is 15.6. The highest BCUT2D eigenvalue weighted by Gasteiger charge is 2.21. The van der Waals surface area contributed by atoms with E-state index < -0.39 is 40.1 Å². The largest absolute Gasteiger partial charge is 0.494 e. The first-order valence-electron chi connectivity index (χ1n) is 15.5. The molecule has 0 radical (unpaired) electrons. The Labute approximate surface area is 323 Å². The van der Waals surface area contributed by atoms with Crippen LogP contribution in [0.3, 0.4) is 0 Å². The number of nitrogens with zero attached hydrogens (tertiary/aromatic N) is 7. The number of benzene rings is 5. The molecule has 5 N–H and O–H groups in total. The van der Waals surface area contributed by atoms with Crippen LogP contribution in [0, 0.1) is 6.92 Å². The van der Waals surface area contributed by atoms with Crippen LogP contribution in [0.1, 0.15) is 5.56 Å². The molecule has 0 amide bonds. The second-order valence-electron chi connectivity index (χ2n) is 11.5. The van der Waals surface area contributed by atoms with Crippen LogP contribution in [0.5, 0.6) is 5.75 Å². The van der Waals surface area contributed by atoms with Gasteiger partial charge in [-0.05, 0) is 102 Å². The Hall–Kier alpha value is -6.01. The molecule has 0 bridgehead atoms. The number of aromatic nitrogens is 3. The number of rotatable bonds is 12. The molecule has 6 aromatic rings. The molecule has 1 aromatic heterocycles. The summed E-state index contributed by atoms with van der Waals surface area (Å²) in [5.41, 5.74) is 2.80. The summed E-state index contributed by atoms with van der Waals surface area (Å²) in [7, 11) is -12.6. The van der Waals surface area contributed by atoms with Crippen LogP contribution in [0.25, 0.3) is 10.8 Å². The number of nitrogens with one attached hydrogen (secondary N) is 2. The number of methoxy groups -OCH3 is 1. The van der Waals surface area contributed by atoms with E-state index in [9.17, 15) is 38.9 Å². The van der Waals surface area contributed by atoms with Crippen LogP contribution in [-0.4, -0.2) is 61.0 Å². The summed E-state index contributed by atoms with van der Waals surface area (Å²) in [6, 6.07) is 20.9. The zero-order chi connectivity index (χ0) is 40.4. The van der Waals surface area contributed by atoms with E-state index in [1.54, 1.807) is 43.3 Å². The molecule has 0 aliphatic rings. The first-order valence-corrected chi connectivity index (χ1v) is 20.2. The fourth-order valence-corrected chi connectivity index (χ4v) is 7.07. The fraction of sp³-hybridized carbons (Fsp3) is 0.0606. The van der Waals surface area contributed by atoms with Crippen LogP contribution in [-0.2, 0) is 30.4 Å². The summed E-state index contributed by atoms with van der Waals surface area (Å²) >= 11 is 6.21. The Morgan fingerprint density at radius 3 is 1.95 bits per heavy atom. The van der Waals surface area contributed by atoms with Crippen molar-refractivity contribution < 1.29 is 43.6 Å².